The molecule has 2 aliphatic heterocycles. The first-order valence-electron chi connectivity index (χ1n) is 9.09. The average molecular weight is 355 g/mol. The van der Waals surface area contributed by atoms with Gasteiger partial charge in [0.25, 0.3) is 0 Å². The van der Waals surface area contributed by atoms with Crippen LogP contribution in [0.3, 0.4) is 0 Å². The number of rotatable bonds is 4. The van der Waals surface area contributed by atoms with E-state index in [1.807, 2.05) is 30.3 Å². The van der Waals surface area contributed by atoms with Gasteiger partial charge in [0, 0.05) is 24.1 Å². The highest BCUT2D eigenvalue weighted by molar-refractivity contribution is 5.97. The molecule has 26 heavy (non-hydrogen) atoms. The first-order valence-corrected chi connectivity index (χ1v) is 9.09. The van der Waals surface area contributed by atoms with Gasteiger partial charge in [-0.15, -0.1) is 0 Å². The third-order valence-corrected chi connectivity index (χ3v) is 5.10. The molecule has 0 saturated carbocycles. The zero-order chi connectivity index (χ0) is 17.9. The lowest BCUT2D eigenvalue weighted by molar-refractivity contribution is 0.0460. The van der Waals surface area contributed by atoms with Crippen molar-refractivity contribution in [3.63, 3.8) is 0 Å². The minimum Gasteiger partial charge on any atom is -0.486 e. The van der Waals surface area contributed by atoms with E-state index in [2.05, 4.69) is 4.90 Å². The highest BCUT2D eigenvalue weighted by Crippen LogP contribution is 2.32. The van der Waals surface area contributed by atoms with Crippen molar-refractivity contribution in [3.8, 4) is 11.5 Å². The largest absolute Gasteiger partial charge is 0.486 e. The smallest absolute Gasteiger partial charge is 0.166 e. The summed E-state index contributed by atoms with van der Waals surface area (Å²) in [6.45, 7) is 2.92. The van der Waals surface area contributed by atoms with E-state index in [1.54, 1.807) is 6.07 Å². The van der Waals surface area contributed by atoms with Crippen molar-refractivity contribution in [2.45, 2.75) is 18.9 Å². The number of hydrogen-bond acceptors (Lipinski definition) is 4. The van der Waals surface area contributed by atoms with Gasteiger partial charge in [-0.05, 0) is 38.1 Å². The van der Waals surface area contributed by atoms with Gasteiger partial charge in [0.15, 0.2) is 17.3 Å². The minimum atomic E-state index is -0.323. The lowest BCUT2D eigenvalue weighted by Gasteiger charge is -2.35. The first kappa shape index (κ1) is 17.0. The van der Waals surface area contributed by atoms with Gasteiger partial charge in [0.1, 0.15) is 18.5 Å². The van der Waals surface area contributed by atoms with Gasteiger partial charge in [0.2, 0.25) is 0 Å². The summed E-state index contributed by atoms with van der Waals surface area (Å²) in [6.07, 6.45) is 1.65. The summed E-state index contributed by atoms with van der Waals surface area (Å²) in [7, 11) is 0. The quantitative estimate of drug-likeness (QED) is 0.786. The van der Waals surface area contributed by atoms with E-state index >= 15 is 0 Å². The predicted molar refractivity (Wildman–Crippen MR) is 96.2 cm³/mol. The summed E-state index contributed by atoms with van der Waals surface area (Å²) in [6, 6.07) is 13.9. The SMILES string of the molecule is O=C(c1ccccc1)C1CCN(CC2COc3cc(F)ccc3O2)CC1. The molecule has 0 aliphatic carbocycles. The number of likely N-dealkylation sites (tertiary alicyclic amines) is 1. The van der Waals surface area contributed by atoms with Crippen LogP contribution in [0.4, 0.5) is 4.39 Å². The van der Waals surface area contributed by atoms with Gasteiger partial charge >= 0.3 is 0 Å². The summed E-state index contributed by atoms with van der Waals surface area (Å²) in [5.74, 6) is 1.08. The Morgan fingerprint density at radius 1 is 1.08 bits per heavy atom. The van der Waals surface area contributed by atoms with Crippen molar-refractivity contribution < 1.29 is 18.7 Å². The number of carbonyl (C=O) groups is 1. The van der Waals surface area contributed by atoms with Crippen LogP contribution in [0.5, 0.6) is 11.5 Å². The van der Waals surface area contributed by atoms with Gasteiger partial charge in [-0.1, -0.05) is 30.3 Å². The number of carbonyl (C=O) groups excluding carboxylic acids is 1. The molecule has 2 aromatic rings. The summed E-state index contributed by atoms with van der Waals surface area (Å²) in [5.41, 5.74) is 0.804. The maximum atomic E-state index is 13.2. The summed E-state index contributed by atoms with van der Waals surface area (Å²) < 4.78 is 24.8. The maximum absolute atomic E-state index is 13.2. The monoisotopic (exact) mass is 355 g/mol. The Morgan fingerprint density at radius 3 is 2.62 bits per heavy atom. The minimum absolute atomic E-state index is 0.0747. The van der Waals surface area contributed by atoms with Gasteiger partial charge in [-0.25, -0.2) is 4.39 Å². The average Bonchev–Trinajstić information content (AvgIpc) is 2.69. The molecule has 4 nitrogen and oxygen atoms in total. The highest BCUT2D eigenvalue weighted by Gasteiger charge is 2.29. The Bertz CT molecular complexity index is 772. The second-order valence-corrected chi connectivity index (χ2v) is 6.95. The molecular weight excluding hydrogens is 333 g/mol. The highest BCUT2D eigenvalue weighted by atomic mass is 19.1. The van der Waals surface area contributed by atoms with Gasteiger partial charge in [0.05, 0.1) is 0 Å². The summed E-state index contributed by atoms with van der Waals surface area (Å²) >= 11 is 0. The van der Waals surface area contributed by atoms with Crippen molar-refractivity contribution in [1.29, 1.82) is 0 Å². The Balaban J connectivity index is 1.29. The van der Waals surface area contributed by atoms with E-state index in [9.17, 15) is 9.18 Å². The molecular formula is C21H22FNO3. The van der Waals surface area contributed by atoms with E-state index < -0.39 is 0 Å². The Kier molecular flexibility index (Phi) is 4.89. The van der Waals surface area contributed by atoms with Gasteiger partial charge in [-0.3, -0.25) is 9.69 Å². The van der Waals surface area contributed by atoms with E-state index in [4.69, 9.17) is 9.47 Å². The molecule has 4 rings (SSSR count). The molecule has 1 atom stereocenters. The predicted octanol–water partition coefficient (Wildman–Crippen LogP) is 3.56. The number of ether oxygens (including phenoxy) is 2. The van der Waals surface area contributed by atoms with Gasteiger partial charge in [-0.2, -0.15) is 0 Å². The van der Waals surface area contributed by atoms with Crippen molar-refractivity contribution in [2.75, 3.05) is 26.2 Å². The fourth-order valence-corrected chi connectivity index (χ4v) is 3.68. The van der Waals surface area contributed by atoms with Crippen LogP contribution in [0.1, 0.15) is 23.2 Å². The molecule has 136 valence electrons. The van der Waals surface area contributed by atoms with E-state index in [1.165, 1.54) is 12.1 Å². The normalized spacial score (nSPS) is 20.7. The first-order chi connectivity index (χ1) is 12.7. The number of piperidine rings is 1. The Hall–Kier alpha value is -2.40. The van der Waals surface area contributed by atoms with Crippen molar-refractivity contribution >= 4 is 5.78 Å². The third kappa shape index (κ3) is 3.73. The molecule has 0 radical (unpaired) electrons. The molecule has 1 unspecified atom stereocenters. The lowest BCUT2D eigenvalue weighted by Crippen LogP contribution is -2.45. The third-order valence-electron chi connectivity index (χ3n) is 5.10. The molecule has 5 heteroatoms. The molecule has 2 aromatic carbocycles. The van der Waals surface area contributed by atoms with Crippen LogP contribution >= 0.6 is 0 Å². The molecule has 2 aliphatic rings. The van der Waals surface area contributed by atoms with E-state index in [0.717, 1.165) is 38.0 Å². The van der Waals surface area contributed by atoms with E-state index in [-0.39, 0.29) is 23.6 Å². The molecule has 0 N–H and O–H groups in total. The van der Waals surface area contributed by atoms with Crippen LogP contribution in [-0.2, 0) is 0 Å². The van der Waals surface area contributed by atoms with E-state index in [0.29, 0.717) is 18.1 Å². The number of benzene rings is 2. The zero-order valence-electron chi connectivity index (χ0n) is 14.6. The van der Waals surface area contributed by atoms with Crippen molar-refractivity contribution in [2.24, 2.45) is 5.92 Å². The standard InChI is InChI=1S/C21H22FNO3/c22-17-6-7-19-20(12-17)25-14-18(26-19)13-23-10-8-16(9-11-23)21(24)15-4-2-1-3-5-15/h1-7,12,16,18H,8-11,13-14H2. The van der Waals surface area contributed by atoms with Crippen LogP contribution in [0.2, 0.25) is 0 Å². The zero-order valence-corrected chi connectivity index (χ0v) is 14.6. The molecule has 0 amide bonds. The van der Waals surface area contributed by atoms with Crippen LogP contribution in [0, 0.1) is 11.7 Å². The number of Topliss-reactive ketones (excluding diaryl/α,β-unsaturated/α-hetero) is 1. The van der Waals surface area contributed by atoms with Crippen LogP contribution in [-0.4, -0.2) is 43.0 Å². The lowest BCUT2D eigenvalue weighted by atomic mass is 9.89. The number of hydrogen-bond donors (Lipinski definition) is 0. The second kappa shape index (κ2) is 7.46. The molecule has 0 spiro atoms. The Labute approximate surface area is 152 Å². The van der Waals surface area contributed by atoms with Crippen molar-refractivity contribution in [1.82, 2.24) is 4.90 Å². The molecule has 1 saturated heterocycles. The number of halogens is 1. The summed E-state index contributed by atoms with van der Waals surface area (Å²) in [5, 5.41) is 0. The van der Waals surface area contributed by atoms with Crippen LogP contribution in [0.25, 0.3) is 0 Å². The molecule has 0 aromatic heterocycles. The number of ketones is 1. The fraction of sp³-hybridized carbons (Fsp3) is 0.381. The molecule has 0 bridgehead atoms. The fourth-order valence-electron chi connectivity index (χ4n) is 3.68. The molecule has 1 fully saturated rings. The van der Waals surface area contributed by atoms with Crippen molar-refractivity contribution in [3.05, 3.63) is 59.9 Å². The van der Waals surface area contributed by atoms with Gasteiger partial charge < -0.3 is 9.47 Å². The maximum Gasteiger partial charge on any atom is 0.166 e. The summed E-state index contributed by atoms with van der Waals surface area (Å²) in [4.78, 5) is 14.9. The number of nitrogens with zero attached hydrogens (tertiary/aromatic N) is 1. The van der Waals surface area contributed by atoms with Crippen LogP contribution < -0.4 is 9.47 Å². The van der Waals surface area contributed by atoms with Crippen LogP contribution in [0.15, 0.2) is 48.5 Å². The Morgan fingerprint density at radius 2 is 1.85 bits per heavy atom. The molecule has 2 heterocycles. The number of fused-ring (bicyclic) bond motifs is 1. The topological polar surface area (TPSA) is 38.8 Å². The second-order valence-electron chi connectivity index (χ2n) is 6.95.